The summed E-state index contributed by atoms with van der Waals surface area (Å²) in [4.78, 5) is 9.12. The van der Waals surface area contributed by atoms with Crippen LogP contribution in [0.5, 0.6) is 0 Å². The van der Waals surface area contributed by atoms with Crippen LogP contribution in [0.15, 0.2) is 36.4 Å². The zero-order chi connectivity index (χ0) is 13.4. The quantitative estimate of drug-likeness (QED) is 0.708. The molecule has 0 atom stereocenters. The van der Waals surface area contributed by atoms with Crippen molar-refractivity contribution < 1.29 is 0 Å². The first-order valence-corrected chi connectivity index (χ1v) is 6.59. The highest BCUT2D eigenvalue weighted by Crippen LogP contribution is 2.26. The van der Waals surface area contributed by atoms with Crippen LogP contribution in [-0.2, 0) is 6.42 Å². The Hall–Kier alpha value is -2.16. The molecule has 3 rings (SSSR count). The first kappa shape index (κ1) is 11.9. The number of aromatic nitrogens is 2. The van der Waals surface area contributed by atoms with Crippen LogP contribution in [0.25, 0.3) is 21.8 Å². The molecule has 0 spiro atoms. The van der Waals surface area contributed by atoms with Gasteiger partial charge in [0.25, 0.3) is 0 Å². The van der Waals surface area contributed by atoms with E-state index in [0.717, 1.165) is 33.9 Å². The molecule has 19 heavy (non-hydrogen) atoms. The Bertz CT molecular complexity index is 747. The highest BCUT2D eigenvalue weighted by Gasteiger charge is 2.08. The van der Waals surface area contributed by atoms with E-state index in [1.807, 2.05) is 18.2 Å². The van der Waals surface area contributed by atoms with Gasteiger partial charge in [0.2, 0.25) is 0 Å². The second-order valence-corrected chi connectivity index (χ2v) is 5.31. The lowest BCUT2D eigenvalue weighted by atomic mass is 10.1. The number of nitrogens with zero attached hydrogens (tertiary/aromatic N) is 2. The maximum Gasteiger partial charge on any atom is 0.150 e. The smallest absolute Gasteiger partial charge is 0.150 e. The van der Waals surface area contributed by atoms with Crippen LogP contribution in [-0.4, -0.2) is 9.97 Å². The average molecular weight is 251 g/mol. The molecule has 0 unspecified atom stereocenters. The fourth-order valence-corrected chi connectivity index (χ4v) is 2.43. The minimum atomic E-state index is 0.513. The van der Waals surface area contributed by atoms with Gasteiger partial charge in [-0.2, -0.15) is 0 Å². The molecule has 0 saturated heterocycles. The first-order valence-electron chi connectivity index (χ1n) is 6.59. The molecule has 96 valence electrons. The Labute approximate surface area is 112 Å². The Balaban J connectivity index is 2.29. The molecule has 0 saturated carbocycles. The normalized spacial score (nSPS) is 11.5. The molecule has 1 aromatic carbocycles. The van der Waals surface area contributed by atoms with Gasteiger partial charge in [-0.1, -0.05) is 38.1 Å². The molecular weight excluding hydrogens is 234 g/mol. The van der Waals surface area contributed by atoms with Crippen LogP contribution >= 0.6 is 0 Å². The van der Waals surface area contributed by atoms with E-state index in [9.17, 15) is 0 Å². The van der Waals surface area contributed by atoms with E-state index in [-0.39, 0.29) is 0 Å². The van der Waals surface area contributed by atoms with E-state index >= 15 is 0 Å². The van der Waals surface area contributed by atoms with Gasteiger partial charge in [-0.05, 0) is 24.5 Å². The van der Waals surface area contributed by atoms with E-state index in [4.69, 9.17) is 5.73 Å². The molecule has 2 aromatic heterocycles. The Kier molecular flexibility index (Phi) is 2.82. The number of benzene rings is 1. The average Bonchev–Trinajstić information content (AvgIpc) is 2.38. The predicted molar refractivity (Wildman–Crippen MR) is 80.0 cm³/mol. The van der Waals surface area contributed by atoms with Crippen molar-refractivity contribution in [3.05, 3.63) is 42.1 Å². The van der Waals surface area contributed by atoms with Gasteiger partial charge >= 0.3 is 0 Å². The van der Waals surface area contributed by atoms with Crippen LogP contribution in [0, 0.1) is 5.92 Å². The number of pyridine rings is 2. The number of rotatable bonds is 2. The minimum absolute atomic E-state index is 0.513. The molecule has 3 aromatic rings. The third-order valence-electron chi connectivity index (χ3n) is 3.25. The molecular formula is C16H17N3. The maximum atomic E-state index is 6.05. The van der Waals surface area contributed by atoms with Crippen LogP contribution in [0.3, 0.4) is 0 Å². The van der Waals surface area contributed by atoms with Crippen molar-refractivity contribution >= 4 is 27.6 Å². The third-order valence-corrected chi connectivity index (χ3v) is 3.25. The molecule has 0 fully saturated rings. The van der Waals surface area contributed by atoms with Gasteiger partial charge in [0.05, 0.1) is 5.52 Å². The molecule has 0 amide bonds. The van der Waals surface area contributed by atoms with Crippen molar-refractivity contribution in [2.75, 3.05) is 5.73 Å². The van der Waals surface area contributed by atoms with Gasteiger partial charge in [0.15, 0.2) is 5.82 Å². The second-order valence-electron chi connectivity index (χ2n) is 5.31. The minimum Gasteiger partial charge on any atom is -0.382 e. The van der Waals surface area contributed by atoms with Gasteiger partial charge in [0.1, 0.15) is 5.52 Å². The van der Waals surface area contributed by atoms with Crippen molar-refractivity contribution in [1.29, 1.82) is 0 Å². The van der Waals surface area contributed by atoms with E-state index in [0.29, 0.717) is 11.7 Å². The molecule has 3 nitrogen and oxygen atoms in total. The largest absolute Gasteiger partial charge is 0.382 e. The van der Waals surface area contributed by atoms with E-state index in [2.05, 4.69) is 42.0 Å². The lowest BCUT2D eigenvalue weighted by molar-refractivity contribution is 0.637. The summed E-state index contributed by atoms with van der Waals surface area (Å²) in [6, 6.07) is 12.2. The molecule has 0 aliphatic rings. The lowest BCUT2D eigenvalue weighted by Crippen LogP contribution is -2.00. The summed E-state index contributed by atoms with van der Waals surface area (Å²) in [5.41, 5.74) is 8.86. The number of nitrogen functional groups attached to an aromatic ring is 1. The van der Waals surface area contributed by atoms with Gasteiger partial charge in [0, 0.05) is 16.5 Å². The number of nitrogens with two attached hydrogens (primary N) is 1. The number of fused-ring (bicyclic) bond motifs is 3. The zero-order valence-corrected chi connectivity index (χ0v) is 11.2. The summed E-state index contributed by atoms with van der Waals surface area (Å²) in [7, 11) is 0. The third kappa shape index (κ3) is 2.12. The Morgan fingerprint density at radius 3 is 2.58 bits per heavy atom. The summed E-state index contributed by atoms with van der Waals surface area (Å²) >= 11 is 0. The zero-order valence-electron chi connectivity index (χ0n) is 11.2. The van der Waals surface area contributed by atoms with Crippen LogP contribution in [0.4, 0.5) is 5.82 Å². The van der Waals surface area contributed by atoms with Gasteiger partial charge < -0.3 is 5.73 Å². The van der Waals surface area contributed by atoms with Crippen molar-refractivity contribution in [2.24, 2.45) is 5.92 Å². The van der Waals surface area contributed by atoms with Gasteiger partial charge in [-0.25, -0.2) is 9.97 Å². The summed E-state index contributed by atoms with van der Waals surface area (Å²) in [5.74, 6) is 1.10. The highest BCUT2D eigenvalue weighted by molar-refractivity contribution is 6.07. The van der Waals surface area contributed by atoms with Crippen molar-refractivity contribution in [3.63, 3.8) is 0 Å². The molecule has 0 bridgehead atoms. The lowest BCUT2D eigenvalue weighted by Gasteiger charge is -2.09. The summed E-state index contributed by atoms with van der Waals surface area (Å²) < 4.78 is 0. The second kappa shape index (κ2) is 4.50. The summed E-state index contributed by atoms with van der Waals surface area (Å²) in [6.45, 7) is 4.38. The number of anilines is 1. The Morgan fingerprint density at radius 1 is 1.00 bits per heavy atom. The summed E-state index contributed by atoms with van der Waals surface area (Å²) in [5, 5.41) is 2.19. The molecule has 0 radical (unpaired) electrons. The fourth-order valence-electron chi connectivity index (χ4n) is 2.43. The van der Waals surface area contributed by atoms with Gasteiger partial charge in [-0.15, -0.1) is 0 Å². The maximum absolute atomic E-state index is 6.05. The monoisotopic (exact) mass is 251 g/mol. The number of hydrogen-bond donors (Lipinski definition) is 1. The van der Waals surface area contributed by atoms with Crippen molar-refractivity contribution in [1.82, 2.24) is 9.97 Å². The Morgan fingerprint density at radius 2 is 1.79 bits per heavy atom. The molecule has 0 aliphatic heterocycles. The van der Waals surface area contributed by atoms with E-state index < -0.39 is 0 Å². The molecule has 0 aliphatic carbocycles. The first-order chi connectivity index (χ1) is 9.15. The molecule has 2 N–H and O–H groups in total. The van der Waals surface area contributed by atoms with E-state index in [1.165, 1.54) is 0 Å². The van der Waals surface area contributed by atoms with Crippen molar-refractivity contribution in [3.8, 4) is 0 Å². The number of hydrogen-bond acceptors (Lipinski definition) is 3. The topological polar surface area (TPSA) is 51.8 Å². The van der Waals surface area contributed by atoms with Gasteiger partial charge in [-0.3, -0.25) is 0 Å². The predicted octanol–water partition coefficient (Wildman–Crippen LogP) is 3.56. The molecule has 2 heterocycles. The van der Waals surface area contributed by atoms with Crippen molar-refractivity contribution in [2.45, 2.75) is 20.3 Å². The standard InChI is InChI=1S/C16H17N3/c1-10(2)9-11-7-8-13-12-5-3-4-6-14(12)19-16(17)15(13)18-11/h3-8,10H,9H2,1-2H3,(H2,17,19). The van der Waals surface area contributed by atoms with Crippen LogP contribution < -0.4 is 5.73 Å². The summed E-state index contributed by atoms with van der Waals surface area (Å²) in [6.07, 6.45) is 0.961. The number of para-hydroxylation sites is 1. The molecule has 3 heteroatoms. The highest BCUT2D eigenvalue weighted by atomic mass is 14.9. The SMILES string of the molecule is CC(C)Cc1ccc2c(n1)c(N)nc1ccccc12. The van der Waals surface area contributed by atoms with Crippen LogP contribution in [0.1, 0.15) is 19.5 Å². The van der Waals surface area contributed by atoms with E-state index in [1.54, 1.807) is 0 Å². The van der Waals surface area contributed by atoms with Crippen LogP contribution in [0.2, 0.25) is 0 Å². The fraction of sp³-hybridized carbons (Fsp3) is 0.250.